The average Bonchev–Trinajstić information content (AvgIpc) is 2.81. The van der Waals surface area contributed by atoms with E-state index in [2.05, 4.69) is 15.0 Å². The number of hydrogen-bond acceptors (Lipinski definition) is 5. The van der Waals surface area contributed by atoms with Crippen LogP contribution in [0.5, 0.6) is 0 Å². The summed E-state index contributed by atoms with van der Waals surface area (Å²) in [5.74, 6) is -0.166. The van der Waals surface area contributed by atoms with Crippen molar-refractivity contribution in [2.24, 2.45) is 0 Å². The minimum absolute atomic E-state index is 0.166. The van der Waals surface area contributed by atoms with Crippen LogP contribution in [-0.2, 0) is 0 Å². The normalized spacial score (nSPS) is 10.7. The SMILES string of the molecule is O=[N+]([O-])c1cccc(Sc2nc3ccccc3[nH]2)n1. The second kappa shape index (κ2) is 4.69. The Bertz CT molecular complexity index is 723. The van der Waals surface area contributed by atoms with Gasteiger partial charge in [-0.15, -0.1) is 0 Å². The zero-order chi connectivity index (χ0) is 13.2. The molecule has 0 unspecified atom stereocenters. The third kappa shape index (κ3) is 2.41. The molecule has 19 heavy (non-hydrogen) atoms. The first kappa shape index (κ1) is 11.7. The summed E-state index contributed by atoms with van der Waals surface area (Å²) in [6, 6.07) is 12.3. The van der Waals surface area contributed by atoms with E-state index in [9.17, 15) is 10.1 Å². The van der Waals surface area contributed by atoms with Gasteiger partial charge in [0.25, 0.3) is 0 Å². The van der Waals surface area contributed by atoms with Crippen molar-refractivity contribution in [3.05, 3.63) is 52.6 Å². The van der Waals surface area contributed by atoms with Crippen molar-refractivity contribution in [2.45, 2.75) is 10.2 Å². The van der Waals surface area contributed by atoms with Crippen LogP contribution in [0, 0.1) is 10.1 Å². The Kier molecular flexibility index (Phi) is 2.88. The number of nitrogens with zero attached hydrogens (tertiary/aromatic N) is 3. The molecule has 3 aromatic rings. The number of imidazole rings is 1. The van der Waals surface area contributed by atoms with E-state index >= 15 is 0 Å². The van der Waals surface area contributed by atoms with Crippen molar-refractivity contribution in [2.75, 3.05) is 0 Å². The maximum Gasteiger partial charge on any atom is 0.364 e. The van der Waals surface area contributed by atoms with Gasteiger partial charge in [-0.05, 0) is 45.9 Å². The van der Waals surface area contributed by atoms with Gasteiger partial charge < -0.3 is 15.1 Å². The molecule has 2 heterocycles. The summed E-state index contributed by atoms with van der Waals surface area (Å²) >= 11 is 1.26. The Morgan fingerprint density at radius 1 is 1.11 bits per heavy atom. The number of aromatic amines is 1. The standard InChI is InChI=1S/C12H8N4O2S/c17-16(18)10-6-3-7-11(15-10)19-12-13-8-4-1-2-5-9(8)14-12/h1-7H,(H,13,14). The van der Waals surface area contributed by atoms with Crippen LogP contribution in [0.1, 0.15) is 0 Å². The van der Waals surface area contributed by atoms with E-state index in [1.54, 1.807) is 12.1 Å². The van der Waals surface area contributed by atoms with Gasteiger partial charge in [0.05, 0.1) is 11.0 Å². The van der Waals surface area contributed by atoms with Crippen molar-refractivity contribution >= 4 is 28.6 Å². The summed E-state index contributed by atoms with van der Waals surface area (Å²) in [6.07, 6.45) is 0. The fourth-order valence-electron chi connectivity index (χ4n) is 1.64. The summed E-state index contributed by atoms with van der Waals surface area (Å²) in [5, 5.41) is 11.9. The van der Waals surface area contributed by atoms with Crippen LogP contribution in [0.15, 0.2) is 52.6 Å². The summed E-state index contributed by atoms with van der Waals surface area (Å²) in [6.45, 7) is 0. The predicted octanol–water partition coefficient (Wildman–Crippen LogP) is 3.02. The van der Waals surface area contributed by atoms with Crippen molar-refractivity contribution in [1.82, 2.24) is 15.0 Å². The lowest BCUT2D eigenvalue weighted by Gasteiger charge is -1.94. The first-order valence-electron chi connectivity index (χ1n) is 5.46. The summed E-state index contributed by atoms with van der Waals surface area (Å²) < 4.78 is 0. The Hall–Kier alpha value is -2.41. The molecule has 94 valence electrons. The summed E-state index contributed by atoms with van der Waals surface area (Å²) in [5.41, 5.74) is 1.78. The number of rotatable bonds is 3. The molecule has 1 N–H and O–H groups in total. The average molecular weight is 272 g/mol. The van der Waals surface area contributed by atoms with E-state index in [4.69, 9.17) is 0 Å². The number of nitro groups is 1. The molecule has 0 amide bonds. The molecule has 0 aliphatic heterocycles. The quantitative estimate of drug-likeness (QED) is 0.585. The largest absolute Gasteiger partial charge is 0.364 e. The van der Waals surface area contributed by atoms with Gasteiger partial charge in [-0.25, -0.2) is 4.98 Å². The van der Waals surface area contributed by atoms with Crippen molar-refractivity contribution in [1.29, 1.82) is 0 Å². The highest BCUT2D eigenvalue weighted by Gasteiger charge is 2.12. The van der Waals surface area contributed by atoms with Crippen LogP contribution >= 0.6 is 11.8 Å². The number of aromatic nitrogens is 3. The molecule has 0 aliphatic carbocycles. The Morgan fingerprint density at radius 2 is 1.95 bits per heavy atom. The first-order valence-corrected chi connectivity index (χ1v) is 6.28. The van der Waals surface area contributed by atoms with Crippen molar-refractivity contribution in [3.63, 3.8) is 0 Å². The van der Waals surface area contributed by atoms with Gasteiger partial charge in [0.1, 0.15) is 0 Å². The topological polar surface area (TPSA) is 84.7 Å². The monoisotopic (exact) mass is 272 g/mol. The summed E-state index contributed by atoms with van der Waals surface area (Å²) in [4.78, 5) is 21.6. The minimum Gasteiger partial charge on any atom is -0.358 e. The van der Waals surface area contributed by atoms with Crippen LogP contribution < -0.4 is 0 Å². The van der Waals surface area contributed by atoms with E-state index in [1.807, 2.05) is 24.3 Å². The molecular formula is C12H8N4O2S. The van der Waals surface area contributed by atoms with E-state index < -0.39 is 4.92 Å². The highest BCUT2D eigenvalue weighted by Crippen LogP contribution is 2.26. The lowest BCUT2D eigenvalue weighted by Crippen LogP contribution is -1.92. The van der Waals surface area contributed by atoms with E-state index in [1.165, 1.54) is 17.8 Å². The fourth-order valence-corrected chi connectivity index (χ4v) is 2.43. The molecule has 0 aliphatic rings. The van der Waals surface area contributed by atoms with Crippen molar-refractivity contribution in [3.8, 4) is 0 Å². The Labute approximate surface area is 112 Å². The van der Waals surface area contributed by atoms with E-state index in [0.29, 0.717) is 10.2 Å². The zero-order valence-electron chi connectivity index (χ0n) is 9.61. The first-order chi connectivity index (χ1) is 9.22. The van der Waals surface area contributed by atoms with Gasteiger partial charge in [-0.3, -0.25) is 0 Å². The molecular weight excluding hydrogens is 264 g/mol. The smallest absolute Gasteiger partial charge is 0.358 e. The van der Waals surface area contributed by atoms with E-state index in [-0.39, 0.29) is 5.82 Å². The van der Waals surface area contributed by atoms with Gasteiger partial charge in [-0.1, -0.05) is 12.1 Å². The molecule has 0 atom stereocenters. The molecule has 3 rings (SSSR count). The highest BCUT2D eigenvalue weighted by molar-refractivity contribution is 7.99. The lowest BCUT2D eigenvalue weighted by atomic mass is 10.3. The number of nitrogens with one attached hydrogen (secondary N) is 1. The lowest BCUT2D eigenvalue weighted by molar-refractivity contribution is -0.389. The highest BCUT2D eigenvalue weighted by atomic mass is 32.2. The van der Waals surface area contributed by atoms with Gasteiger partial charge in [0.15, 0.2) is 5.16 Å². The number of fused-ring (bicyclic) bond motifs is 1. The molecule has 2 aromatic heterocycles. The zero-order valence-corrected chi connectivity index (χ0v) is 10.4. The van der Waals surface area contributed by atoms with Gasteiger partial charge in [0.2, 0.25) is 5.03 Å². The molecule has 0 bridgehead atoms. The molecule has 6 nitrogen and oxygen atoms in total. The van der Waals surface area contributed by atoms with Crippen LogP contribution in [0.3, 0.4) is 0 Å². The van der Waals surface area contributed by atoms with Crippen LogP contribution in [0.25, 0.3) is 11.0 Å². The van der Waals surface area contributed by atoms with Gasteiger partial charge in [0, 0.05) is 6.07 Å². The third-order valence-electron chi connectivity index (χ3n) is 2.46. The molecule has 7 heteroatoms. The number of hydrogen-bond donors (Lipinski definition) is 1. The van der Waals surface area contributed by atoms with Gasteiger partial charge >= 0.3 is 5.82 Å². The second-order valence-corrected chi connectivity index (χ2v) is 4.76. The molecule has 0 fully saturated rings. The fraction of sp³-hybridized carbons (Fsp3) is 0. The molecule has 0 spiro atoms. The van der Waals surface area contributed by atoms with Crippen LogP contribution in [0.4, 0.5) is 5.82 Å². The minimum atomic E-state index is -0.511. The number of para-hydroxylation sites is 2. The number of H-pyrrole nitrogens is 1. The molecule has 0 saturated carbocycles. The van der Waals surface area contributed by atoms with E-state index in [0.717, 1.165) is 11.0 Å². The maximum absolute atomic E-state index is 10.7. The second-order valence-electron chi connectivity index (χ2n) is 3.75. The number of benzene rings is 1. The van der Waals surface area contributed by atoms with Crippen LogP contribution in [-0.4, -0.2) is 19.9 Å². The Morgan fingerprint density at radius 3 is 2.74 bits per heavy atom. The Balaban J connectivity index is 1.92. The van der Waals surface area contributed by atoms with Crippen LogP contribution in [0.2, 0.25) is 0 Å². The molecule has 1 aromatic carbocycles. The van der Waals surface area contributed by atoms with Gasteiger partial charge in [-0.2, -0.15) is 0 Å². The van der Waals surface area contributed by atoms with Crippen molar-refractivity contribution < 1.29 is 4.92 Å². The number of pyridine rings is 1. The molecule has 0 saturated heterocycles. The predicted molar refractivity (Wildman–Crippen MR) is 71.1 cm³/mol. The maximum atomic E-state index is 10.7. The summed E-state index contributed by atoms with van der Waals surface area (Å²) in [7, 11) is 0. The third-order valence-corrected chi connectivity index (χ3v) is 3.29. The molecule has 0 radical (unpaired) electrons.